The number of hydrogen-bond donors (Lipinski definition) is 0. The molecule has 4 bridgehead atoms. The molecule has 1 aromatic carbocycles. The molecule has 4 aliphatic carbocycles. The van der Waals surface area contributed by atoms with E-state index in [0.717, 1.165) is 60.8 Å². The summed E-state index contributed by atoms with van der Waals surface area (Å²) in [6, 6.07) is 7.87. The second-order valence-electron chi connectivity index (χ2n) is 9.33. The molecule has 2 aromatic rings. The quantitative estimate of drug-likeness (QED) is 0.480. The zero-order valence-corrected chi connectivity index (χ0v) is 16.4. The van der Waals surface area contributed by atoms with Crippen LogP contribution >= 0.6 is 0 Å². The lowest BCUT2D eigenvalue weighted by Crippen LogP contribution is -2.52. The fourth-order valence-corrected chi connectivity index (χ4v) is 6.38. The highest BCUT2D eigenvalue weighted by molar-refractivity contribution is 6.02. The Kier molecular flexibility index (Phi) is 4.64. The van der Waals surface area contributed by atoms with Gasteiger partial charge in [0.05, 0.1) is 12.2 Å². The van der Waals surface area contributed by atoms with Gasteiger partial charge in [0.1, 0.15) is 5.60 Å². The average Bonchev–Trinajstić information content (AvgIpc) is 3.03. The van der Waals surface area contributed by atoms with Gasteiger partial charge in [0, 0.05) is 11.9 Å². The van der Waals surface area contributed by atoms with Gasteiger partial charge in [-0.05, 0) is 81.6 Å². The summed E-state index contributed by atoms with van der Waals surface area (Å²) in [6.45, 7) is 0.424. The fourth-order valence-electron chi connectivity index (χ4n) is 6.38. The highest BCUT2D eigenvalue weighted by atomic mass is 19.1. The lowest BCUT2D eigenvalue weighted by molar-refractivity contribution is -0.131. The number of alkyl halides is 1. The molecular formula is C23H29FN2O2. The summed E-state index contributed by atoms with van der Waals surface area (Å²) in [7, 11) is 0. The van der Waals surface area contributed by atoms with E-state index in [0.29, 0.717) is 18.7 Å². The third-order valence-corrected chi connectivity index (χ3v) is 7.15. The van der Waals surface area contributed by atoms with Gasteiger partial charge >= 0.3 is 5.97 Å². The third-order valence-electron chi connectivity index (χ3n) is 7.15. The number of aromatic nitrogens is 2. The number of unbranched alkanes of at least 4 members (excludes halogenated alkanes) is 2. The number of carbonyl (C=O) groups excluding carboxylic acids is 1. The summed E-state index contributed by atoms with van der Waals surface area (Å²) in [5, 5.41) is 5.50. The molecule has 0 spiro atoms. The summed E-state index contributed by atoms with van der Waals surface area (Å²) in [4.78, 5) is 13.2. The first-order valence-corrected chi connectivity index (χ1v) is 10.9. The average molecular weight is 384 g/mol. The number of carbonyl (C=O) groups is 1. The van der Waals surface area contributed by atoms with Gasteiger partial charge in [0.2, 0.25) is 0 Å². The number of hydrogen-bond acceptors (Lipinski definition) is 3. The van der Waals surface area contributed by atoms with Crippen molar-refractivity contribution in [3.05, 3.63) is 30.0 Å². The molecule has 0 atom stereocenters. The molecule has 1 aromatic heterocycles. The number of halogens is 1. The van der Waals surface area contributed by atoms with Crippen molar-refractivity contribution in [1.29, 1.82) is 0 Å². The van der Waals surface area contributed by atoms with Gasteiger partial charge in [-0.1, -0.05) is 18.2 Å². The highest BCUT2D eigenvalue weighted by Crippen LogP contribution is 2.57. The molecule has 6 rings (SSSR count). The maximum Gasteiger partial charge on any atom is 0.360 e. The smallest absolute Gasteiger partial charge is 0.360 e. The first kappa shape index (κ1) is 18.1. The van der Waals surface area contributed by atoms with Crippen LogP contribution in [-0.2, 0) is 11.3 Å². The molecule has 150 valence electrons. The van der Waals surface area contributed by atoms with Gasteiger partial charge < -0.3 is 4.74 Å². The minimum Gasteiger partial charge on any atom is -0.454 e. The van der Waals surface area contributed by atoms with Gasteiger partial charge in [0.25, 0.3) is 0 Å². The molecule has 0 saturated heterocycles. The Morgan fingerprint density at radius 2 is 1.75 bits per heavy atom. The van der Waals surface area contributed by atoms with E-state index in [4.69, 9.17) is 4.74 Å². The van der Waals surface area contributed by atoms with Crippen LogP contribution in [0.2, 0.25) is 0 Å². The lowest BCUT2D eigenvalue weighted by atomic mass is 9.54. The Bertz CT molecular complexity index is 839. The maximum absolute atomic E-state index is 13.2. The summed E-state index contributed by atoms with van der Waals surface area (Å²) < 4.78 is 20.5. The van der Waals surface area contributed by atoms with E-state index in [9.17, 15) is 9.18 Å². The highest BCUT2D eigenvalue weighted by Gasteiger charge is 2.53. The summed E-state index contributed by atoms with van der Waals surface area (Å²) in [6.07, 6.45) is 9.36. The first-order valence-electron chi connectivity index (χ1n) is 10.9. The molecule has 5 heteroatoms. The SMILES string of the molecule is O=C(OC12CC3CC(CC(C3)C1)C2)c1nn(CCCCCF)c2ccccc12. The van der Waals surface area contributed by atoms with Gasteiger partial charge in [-0.15, -0.1) is 0 Å². The van der Waals surface area contributed by atoms with Gasteiger partial charge in [-0.2, -0.15) is 5.10 Å². The zero-order chi connectivity index (χ0) is 19.1. The van der Waals surface area contributed by atoms with E-state index in [-0.39, 0.29) is 18.2 Å². The number of fused-ring (bicyclic) bond motifs is 1. The number of esters is 1. The summed E-state index contributed by atoms with van der Waals surface area (Å²) in [5.74, 6) is 1.96. The van der Waals surface area contributed by atoms with Gasteiger partial charge in [-0.25, -0.2) is 4.79 Å². The minimum absolute atomic E-state index is 0.252. The van der Waals surface area contributed by atoms with Crippen LogP contribution in [0.1, 0.15) is 68.3 Å². The van der Waals surface area contributed by atoms with Crippen molar-refractivity contribution in [3.63, 3.8) is 0 Å². The second-order valence-corrected chi connectivity index (χ2v) is 9.33. The molecule has 4 fully saturated rings. The Labute approximate surface area is 165 Å². The van der Waals surface area contributed by atoms with Crippen molar-refractivity contribution in [2.75, 3.05) is 6.67 Å². The van der Waals surface area contributed by atoms with E-state index in [1.54, 1.807) is 0 Å². The van der Waals surface area contributed by atoms with Crippen molar-refractivity contribution in [3.8, 4) is 0 Å². The normalized spacial score (nSPS) is 30.8. The molecule has 1 heterocycles. The van der Waals surface area contributed by atoms with E-state index < -0.39 is 0 Å². The van der Waals surface area contributed by atoms with Crippen LogP contribution in [0, 0.1) is 17.8 Å². The molecule has 0 unspecified atom stereocenters. The lowest BCUT2D eigenvalue weighted by Gasteiger charge is -2.55. The third kappa shape index (κ3) is 3.23. The number of ether oxygens (including phenoxy) is 1. The molecular weight excluding hydrogens is 355 g/mol. The van der Waals surface area contributed by atoms with Crippen LogP contribution in [-0.4, -0.2) is 28.0 Å². The van der Waals surface area contributed by atoms with E-state index >= 15 is 0 Å². The maximum atomic E-state index is 13.2. The molecule has 4 nitrogen and oxygen atoms in total. The summed E-state index contributed by atoms with van der Waals surface area (Å²) in [5.41, 5.74) is 1.15. The standard InChI is InChI=1S/C23H29FN2O2/c24-8-4-1-5-9-26-20-7-3-2-6-19(20)21(25-26)22(27)28-23-13-16-10-17(14-23)12-18(11-16)15-23/h2-3,6-7,16-18H,1,4-5,8-15H2. The number of para-hydroxylation sites is 1. The van der Waals surface area contributed by atoms with Crippen LogP contribution in [0.3, 0.4) is 0 Å². The van der Waals surface area contributed by atoms with Gasteiger partial charge in [0.15, 0.2) is 5.69 Å². The van der Waals surface area contributed by atoms with Crippen molar-refractivity contribution >= 4 is 16.9 Å². The molecule has 0 aliphatic heterocycles. The van der Waals surface area contributed by atoms with Crippen LogP contribution in [0.5, 0.6) is 0 Å². The van der Waals surface area contributed by atoms with Crippen LogP contribution < -0.4 is 0 Å². The number of aryl methyl sites for hydroxylation is 1. The molecule has 0 N–H and O–H groups in total. The first-order chi connectivity index (χ1) is 13.7. The van der Waals surface area contributed by atoms with E-state index in [1.165, 1.54) is 19.3 Å². The predicted molar refractivity (Wildman–Crippen MR) is 106 cm³/mol. The molecule has 0 amide bonds. The monoisotopic (exact) mass is 384 g/mol. The van der Waals surface area contributed by atoms with E-state index in [2.05, 4.69) is 5.10 Å². The van der Waals surface area contributed by atoms with Crippen molar-refractivity contribution in [1.82, 2.24) is 9.78 Å². The molecule has 0 radical (unpaired) electrons. The predicted octanol–water partition coefficient (Wildman–Crippen LogP) is 5.30. The van der Waals surface area contributed by atoms with Crippen LogP contribution in [0.15, 0.2) is 24.3 Å². The Balaban J connectivity index is 1.37. The molecule has 4 saturated carbocycles. The molecule has 28 heavy (non-hydrogen) atoms. The Morgan fingerprint density at radius 3 is 2.43 bits per heavy atom. The number of benzene rings is 1. The molecule has 4 aliphatic rings. The number of rotatable bonds is 7. The fraction of sp³-hybridized carbons (Fsp3) is 0.652. The topological polar surface area (TPSA) is 44.1 Å². The van der Waals surface area contributed by atoms with E-state index in [1.807, 2.05) is 28.9 Å². The second kappa shape index (κ2) is 7.16. The zero-order valence-electron chi connectivity index (χ0n) is 16.4. The van der Waals surface area contributed by atoms with Gasteiger partial charge in [-0.3, -0.25) is 9.07 Å². The number of nitrogens with zero attached hydrogens (tertiary/aromatic N) is 2. The largest absolute Gasteiger partial charge is 0.454 e. The van der Waals surface area contributed by atoms with Crippen LogP contribution in [0.4, 0.5) is 4.39 Å². The summed E-state index contributed by atoms with van der Waals surface area (Å²) >= 11 is 0. The minimum atomic E-state index is -0.275. The van der Waals surface area contributed by atoms with Crippen molar-refractivity contribution in [2.24, 2.45) is 17.8 Å². The Morgan fingerprint density at radius 1 is 1.07 bits per heavy atom. The Hall–Kier alpha value is -1.91. The van der Waals surface area contributed by atoms with Crippen LogP contribution in [0.25, 0.3) is 10.9 Å². The van der Waals surface area contributed by atoms with Crippen molar-refractivity contribution in [2.45, 2.75) is 69.9 Å². The van der Waals surface area contributed by atoms with Crippen molar-refractivity contribution < 1.29 is 13.9 Å².